The van der Waals surface area contributed by atoms with Gasteiger partial charge in [0.1, 0.15) is 6.61 Å². The van der Waals surface area contributed by atoms with E-state index in [2.05, 4.69) is 11.7 Å². The third kappa shape index (κ3) is 7.81. The maximum atomic E-state index is 12.8. The molecule has 0 aliphatic carbocycles. The first-order chi connectivity index (χ1) is 8.44. The minimum atomic E-state index is -3.94. The number of ether oxygens (including phenoxy) is 1. The normalized spacial score (nSPS) is 13.4. The van der Waals surface area contributed by atoms with Gasteiger partial charge in [-0.05, 0) is 6.42 Å². The largest absolute Gasteiger partial charge is 0.462 e. The summed E-state index contributed by atoms with van der Waals surface area (Å²) in [5, 5.41) is -3.94. The average Bonchev–Trinajstić information content (AvgIpc) is 2.35. The summed E-state index contributed by atoms with van der Waals surface area (Å²) in [6.07, 6.45) is 2.06. The fraction of sp³-hybridized carbons (Fsp3) is 0.909. The molecule has 1 atom stereocenters. The molecule has 0 amide bonds. The Labute approximate surface area is 109 Å². The molecule has 0 spiro atoms. The Bertz CT molecular complexity index is 240. The number of halogens is 3. The van der Waals surface area contributed by atoms with Gasteiger partial charge in [-0.2, -0.15) is 8.78 Å². The molecule has 108 valence electrons. The zero-order chi connectivity index (χ0) is 14.0. The van der Waals surface area contributed by atoms with Crippen LogP contribution < -0.4 is 0 Å². The molecule has 1 unspecified atom stereocenters. The molecule has 0 saturated heterocycles. The van der Waals surface area contributed by atoms with E-state index in [4.69, 9.17) is 4.55 Å². The van der Waals surface area contributed by atoms with E-state index < -0.39 is 36.0 Å². The maximum absolute atomic E-state index is 12.8. The van der Waals surface area contributed by atoms with Crippen LogP contribution in [0.4, 0.5) is 13.2 Å². The van der Waals surface area contributed by atoms with E-state index >= 15 is 0 Å². The Kier molecular flexibility index (Phi) is 9.27. The van der Waals surface area contributed by atoms with E-state index in [0.29, 0.717) is 6.42 Å². The third-order valence-electron chi connectivity index (χ3n) is 2.36. The highest BCUT2D eigenvalue weighted by Gasteiger charge is 2.42. The van der Waals surface area contributed by atoms with Crippen LogP contribution in [0.25, 0.3) is 0 Å². The summed E-state index contributed by atoms with van der Waals surface area (Å²) in [6.45, 7) is 1.03. The van der Waals surface area contributed by atoms with Crippen molar-refractivity contribution in [3.05, 3.63) is 0 Å². The second kappa shape index (κ2) is 9.49. The minimum Gasteiger partial charge on any atom is -0.462 e. The van der Waals surface area contributed by atoms with Crippen molar-refractivity contribution in [1.29, 1.82) is 0 Å². The topological polar surface area (TPSA) is 46.5 Å². The molecule has 0 aliphatic heterocycles. The molecule has 0 aliphatic rings. The summed E-state index contributed by atoms with van der Waals surface area (Å²) in [5.41, 5.74) is 0. The molecule has 0 aromatic heterocycles. The van der Waals surface area contributed by atoms with E-state index in [0.717, 1.165) is 25.7 Å². The Morgan fingerprint density at radius 1 is 1.33 bits per heavy atom. The lowest BCUT2D eigenvalue weighted by Gasteiger charge is -2.16. The molecule has 3 nitrogen and oxygen atoms in total. The van der Waals surface area contributed by atoms with Crippen molar-refractivity contribution in [3.8, 4) is 0 Å². The Morgan fingerprint density at radius 3 is 2.50 bits per heavy atom. The fourth-order valence-electron chi connectivity index (χ4n) is 1.27. The van der Waals surface area contributed by atoms with Gasteiger partial charge in [0.05, 0.1) is 12.0 Å². The van der Waals surface area contributed by atoms with Crippen LogP contribution in [0, 0.1) is 0 Å². The standard InChI is InChI=1S/C11H19F3O3S/c1-2-3-4-5-6-7-10(15)17-8-9(12)11(13,14)18-16/h9,16H,2-8H2,1H3. The van der Waals surface area contributed by atoms with Crippen LogP contribution >= 0.6 is 12.0 Å². The Balaban J connectivity index is 3.64. The highest BCUT2D eigenvalue weighted by atomic mass is 32.2. The highest BCUT2D eigenvalue weighted by Crippen LogP contribution is 2.32. The van der Waals surface area contributed by atoms with Gasteiger partial charge >= 0.3 is 11.2 Å². The van der Waals surface area contributed by atoms with E-state index in [9.17, 15) is 18.0 Å². The molecular formula is C11H19F3O3S. The summed E-state index contributed by atoms with van der Waals surface area (Å²) >= 11 is -0.886. The van der Waals surface area contributed by atoms with Gasteiger partial charge in [0.2, 0.25) is 6.17 Å². The summed E-state index contributed by atoms with van der Waals surface area (Å²) in [7, 11) is 0. The molecule has 0 fully saturated rings. The van der Waals surface area contributed by atoms with Gasteiger partial charge in [0.15, 0.2) is 0 Å². The summed E-state index contributed by atoms with van der Waals surface area (Å²) in [5.74, 6) is -0.687. The first-order valence-corrected chi connectivity index (χ1v) is 6.71. The van der Waals surface area contributed by atoms with Crippen molar-refractivity contribution >= 4 is 18.0 Å². The van der Waals surface area contributed by atoms with Crippen LogP contribution in [-0.4, -0.2) is 28.6 Å². The summed E-state index contributed by atoms with van der Waals surface area (Å²) in [6, 6.07) is 0. The first-order valence-electron chi connectivity index (χ1n) is 5.94. The van der Waals surface area contributed by atoms with Crippen molar-refractivity contribution in [1.82, 2.24) is 0 Å². The molecule has 0 aromatic rings. The van der Waals surface area contributed by atoms with Gasteiger partial charge in [0.25, 0.3) is 0 Å². The molecule has 0 aromatic carbocycles. The molecule has 18 heavy (non-hydrogen) atoms. The van der Waals surface area contributed by atoms with Gasteiger partial charge in [-0.25, -0.2) is 4.39 Å². The number of hydrogen-bond acceptors (Lipinski definition) is 4. The zero-order valence-corrected chi connectivity index (χ0v) is 11.1. The average molecular weight is 288 g/mol. The smallest absolute Gasteiger partial charge is 0.351 e. The molecule has 0 saturated carbocycles. The molecular weight excluding hydrogens is 269 g/mol. The van der Waals surface area contributed by atoms with Crippen molar-refractivity contribution in [3.63, 3.8) is 0 Å². The van der Waals surface area contributed by atoms with Crippen LogP contribution in [0.5, 0.6) is 0 Å². The minimum absolute atomic E-state index is 0.105. The fourth-order valence-corrected chi connectivity index (χ4v) is 1.45. The van der Waals surface area contributed by atoms with Crippen LogP contribution in [0.15, 0.2) is 0 Å². The first kappa shape index (κ1) is 17.6. The van der Waals surface area contributed by atoms with E-state index in [-0.39, 0.29) is 6.42 Å². The lowest BCUT2D eigenvalue weighted by Crippen LogP contribution is -2.31. The van der Waals surface area contributed by atoms with E-state index in [1.807, 2.05) is 0 Å². The molecule has 0 radical (unpaired) electrons. The van der Waals surface area contributed by atoms with Crippen molar-refractivity contribution < 1.29 is 27.3 Å². The molecule has 7 heteroatoms. The number of carbonyl (C=O) groups is 1. The predicted molar refractivity (Wildman–Crippen MR) is 64.4 cm³/mol. The van der Waals surface area contributed by atoms with Crippen LogP contribution in [0.2, 0.25) is 0 Å². The van der Waals surface area contributed by atoms with E-state index in [1.165, 1.54) is 0 Å². The third-order valence-corrected chi connectivity index (χ3v) is 2.86. The molecule has 0 heterocycles. The number of hydrogen-bond donors (Lipinski definition) is 1. The number of alkyl halides is 3. The summed E-state index contributed by atoms with van der Waals surface area (Å²) in [4.78, 5) is 11.1. The second-order valence-corrected chi connectivity index (χ2v) is 4.69. The number of esters is 1. The number of rotatable bonds is 10. The van der Waals surface area contributed by atoms with Crippen LogP contribution in [-0.2, 0) is 9.53 Å². The van der Waals surface area contributed by atoms with Crippen LogP contribution in [0.3, 0.4) is 0 Å². The van der Waals surface area contributed by atoms with Gasteiger partial charge in [-0.1, -0.05) is 32.6 Å². The van der Waals surface area contributed by atoms with Gasteiger partial charge in [-0.3, -0.25) is 4.79 Å². The van der Waals surface area contributed by atoms with Crippen molar-refractivity contribution in [2.75, 3.05) is 6.61 Å². The van der Waals surface area contributed by atoms with Crippen LogP contribution in [0.1, 0.15) is 45.4 Å². The van der Waals surface area contributed by atoms with E-state index in [1.54, 1.807) is 0 Å². The Hall–Kier alpha value is -0.430. The van der Waals surface area contributed by atoms with Gasteiger partial charge in [-0.15, -0.1) is 0 Å². The Morgan fingerprint density at radius 2 is 1.94 bits per heavy atom. The van der Waals surface area contributed by atoms with Crippen molar-refractivity contribution in [2.45, 2.75) is 56.9 Å². The quantitative estimate of drug-likeness (QED) is 0.374. The number of carbonyl (C=O) groups excluding carboxylic acids is 1. The lowest BCUT2D eigenvalue weighted by atomic mass is 10.1. The van der Waals surface area contributed by atoms with Gasteiger partial charge < -0.3 is 9.29 Å². The van der Waals surface area contributed by atoms with Gasteiger partial charge in [0, 0.05) is 6.42 Å². The lowest BCUT2D eigenvalue weighted by molar-refractivity contribution is -0.148. The molecule has 0 bridgehead atoms. The van der Waals surface area contributed by atoms with Crippen molar-refractivity contribution in [2.24, 2.45) is 0 Å². The maximum Gasteiger partial charge on any atom is 0.351 e. The second-order valence-electron chi connectivity index (χ2n) is 3.97. The monoisotopic (exact) mass is 288 g/mol. The molecule has 1 N–H and O–H groups in total. The zero-order valence-electron chi connectivity index (χ0n) is 10.3. The highest BCUT2D eigenvalue weighted by molar-refractivity contribution is 7.94. The molecule has 0 rings (SSSR count). The number of unbranched alkanes of at least 4 members (excludes halogenated alkanes) is 4. The predicted octanol–water partition coefficient (Wildman–Crippen LogP) is 4.03. The summed E-state index contributed by atoms with van der Waals surface area (Å²) < 4.78 is 50.4. The SMILES string of the molecule is CCCCCCCC(=O)OCC(F)C(F)(F)SO.